The maximum atomic E-state index is 12.9. The molecule has 0 aliphatic carbocycles. The molecule has 2 N–H and O–H groups in total. The van der Waals surface area contributed by atoms with Gasteiger partial charge in [0, 0.05) is 29.3 Å². The summed E-state index contributed by atoms with van der Waals surface area (Å²) in [6.07, 6.45) is 0.833. The summed E-state index contributed by atoms with van der Waals surface area (Å²) in [6, 6.07) is 4.82. The van der Waals surface area contributed by atoms with Crippen molar-refractivity contribution in [1.29, 1.82) is 0 Å². The van der Waals surface area contributed by atoms with E-state index in [2.05, 4.69) is 20.8 Å². The molecule has 7 heteroatoms. The molecule has 1 atom stereocenters. The molecule has 0 spiro atoms. The summed E-state index contributed by atoms with van der Waals surface area (Å²) in [5.41, 5.74) is 6.18. The number of sulfonamides is 1. The Bertz CT molecular complexity index is 591. The molecule has 1 aromatic rings. The van der Waals surface area contributed by atoms with Gasteiger partial charge in [0.25, 0.3) is 0 Å². The van der Waals surface area contributed by atoms with E-state index in [0.29, 0.717) is 16.7 Å². The van der Waals surface area contributed by atoms with Gasteiger partial charge < -0.3 is 10.6 Å². The molecule has 0 radical (unpaired) electrons. The molecule has 1 aromatic carbocycles. The van der Waals surface area contributed by atoms with Crippen molar-refractivity contribution >= 4 is 31.6 Å². The standard InChI is InChI=1S/C13H20BrN3O2S/c1-10-9-16(2)6-3-7-17(10)20(18,19)13-8-11(15)4-5-12(13)14/h4-5,8,10H,3,6-7,9,15H2,1-2H3. The lowest BCUT2D eigenvalue weighted by Gasteiger charge is -2.27. The molecule has 0 aromatic heterocycles. The molecule has 2 rings (SSSR count). The number of nitrogens with two attached hydrogens (primary N) is 1. The number of nitrogen functional groups attached to an aromatic ring is 1. The van der Waals surface area contributed by atoms with Crippen molar-refractivity contribution < 1.29 is 8.42 Å². The Morgan fingerprint density at radius 1 is 1.35 bits per heavy atom. The quantitative estimate of drug-likeness (QED) is 0.814. The summed E-state index contributed by atoms with van der Waals surface area (Å²) in [6.45, 7) is 4.13. The van der Waals surface area contributed by atoms with E-state index in [0.717, 1.165) is 19.5 Å². The van der Waals surface area contributed by atoms with Crippen LogP contribution in [0.5, 0.6) is 0 Å². The van der Waals surface area contributed by atoms with Gasteiger partial charge in [-0.3, -0.25) is 0 Å². The molecule has 1 saturated heterocycles. The Balaban J connectivity index is 2.41. The second-order valence-corrected chi connectivity index (χ2v) is 7.98. The van der Waals surface area contributed by atoms with Crippen molar-refractivity contribution in [3.8, 4) is 0 Å². The van der Waals surface area contributed by atoms with Crippen LogP contribution in [-0.2, 0) is 10.0 Å². The number of halogens is 1. The molecule has 1 unspecified atom stereocenters. The van der Waals surface area contributed by atoms with Gasteiger partial charge in [0.2, 0.25) is 10.0 Å². The maximum Gasteiger partial charge on any atom is 0.244 e. The van der Waals surface area contributed by atoms with E-state index in [4.69, 9.17) is 5.73 Å². The zero-order valence-electron chi connectivity index (χ0n) is 11.7. The van der Waals surface area contributed by atoms with Gasteiger partial charge in [0.15, 0.2) is 0 Å². The van der Waals surface area contributed by atoms with Gasteiger partial charge in [-0.1, -0.05) is 0 Å². The zero-order chi connectivity index (χ0) is 14.9. The smallest absolute Gasteiger partial charge is 0.244 e. The van der Waals surface area contributed by atoms with Crippen LogP contribution >= 0.6 is 15.9 Å². The first-order chi connectivity index (χ1) is 9.32. The highest BCUT2D eigenvalue weighted by Crippen LogP contribution is 2.29. The fourth-order valence-corrected chi connectivity index (χ4v) is 5.17. The van der Waals surface area contributed by atoms with Crippen LogP contribution in [0.25, 0.3) is 0 Å². The summed E-state index contributed by atoms with van der Waals surface area (Å²) in [7, 11) is -1.51. The molecule has 1 aliphatic heterocycles. The number of nitrogens with zero attached hydrogens (tertiary/aromatic N) is 2. The minimum Gasteiger partial charge on any atom is -0.399 e. The van der Waals surface area contributed by atoms with Crippen LogP contribution < -0.4 is 5.73 Å². The van der Waals surface area contributed by atoms with Crippen molar-refractivity contribution in [2.24, 2.45) is 0 Å². The van der Waals surface area contributed by atoms with Crippen LogP contribution in [0.1, 0.15) is 13.3 Å². The van der Waals surface area contributed by atoms with E-state index in [1.54, 1.807) is 16.4 Å². The predicted molar refractivity (Wildman–Crippen MR) is 84.0 cm³/mol. The number of likely N-dealkylation sites (N-methyl/N-ethyl adjacent to an activating group) is 1. The highest BCUT2D eigenvalue weighted by molar-refractivity contribution is 9.10. The molecular weight excluding hydrogens is 342 g/mol. The van der Waals surface area contributed by atoms with Gasteiger partial charge in [-0.05, 0) is 61.1 Å². The van der Waals surface area contributed by atoms with E-state index >= 15 is 0 Å². The molecular formula is C13H20BrN3O2S. The summed E-state index contributed by atoms with van der Waals surface area (Å²) >= 11 is 3.31. The average Bonchev–Trinajstić information content (AvgIpc) is 2.53. The third kappa shape index (κ3) is 3.16. The van der Waals surface area contributed by atoms with Crippen LogP contribution in [0.2, 0.25) is 0 Å². The van der Waals surface area contributed by atoms with E-state index in [-0.39, 0.29) is 10.9 Å². The number of rotatable bonds is 2. The Labute approximate surface area is 128 Å². The first kappa shape index (κ1) is 15.8. The first-order valence-electron chi connectivity index (χ1n) is 6.58. The number of hydrogen-bond acceptors (Lipinski definition) is 4. The lowest BCUT2D eigenvalue weighted by atomic mass is 10.3. The minimum absolute atomic E-state index is 0.0548. The van der Waals surface area contributed by atoms with Gasteiger partial charge in [-0.15, -0.1) is 0 Å². The highest BCUT2D eigenvalue weighted by atomic mass is 79.9. The van der Waals surface area contributed by atoms with Gasteiger partial charge >= 0.3 is 0 Å². The normalized spacial score (nSPS) is 22.6. The van der Waals surface area contributed by atoms with Gasteiger partial charge in [0.05, 0.1) is 4.90 Å². The molecule has 112 valence electrons. The lowest BCUT2D eigenvalue weighted by molar-refractivity contribution is 0.290. The van der Waals surface area contributed by atoms with Crippen molar-refractivity contribution in [3.63, 3.8) is 0 Å². The Morgan fingerprint density at radius 2 is 2.05 bits per heavy atom. The molecule has 1 heterocycles. The third-order valence-corrected chi connectivity index (χ3v) is 6.54. The van der Waals surface area contributed by atoms with Gasteiger partial charge in [-0.25, -0.2) is 8.42 Å². The van der Waals surface area contributed by atoms with Crippen LogP contribution in [-0.4, -0.2) is 50.3 Å². The fraction of sp³-hybridized carbons (Fsp3) is 0.538. The van der Waals surface area contributed by atoms with E-state index in [9.17, 15) is 8.42 Å². The molecule has 1 fully saturated rings. The van der Waals surface area contributed by atoms with Crippen molar-refractivity contribution in [3.05, 3.63) is 22.7 Å². The Kier molecular flexibility index (Phi) is 4.73. The second kappa shape index (κ2) is 6.01. The lowest BCUT2D eigenvalue weighted by Crippen LogP contribution is -2.42. The summed E-state index contributed by atoms with van der Waals surface area (Å²) in [5.74, 6) is 0. The predicted octanol–water partition coefficient (Wildman–Crippen LogP) is 1.75. The fourth-order valence-electron chi connectivity index (χ4n) is 2.55. The van der Waals surface area contributed by atoms with Crippen LogP contribution in [0, 0.1) is 0 Å². The first-order valence-corrected chi connectivity index (χ1v) is 8.81. The van der Waals surface area contributed by atoms with Gasteiger partial charge in [0.1, 0.15) is 0 Å². The van der Waals surface area contributed by atoms with Crippen molar-refractivity contribution in [2.75, 3.05) is 32.4 Å². The molecule has 0 amide bonds. The maximum absolute atomic E-state index is 12.9. The monoisotopic (exact) mass is 361 g/mol. The third-order valence-electron chi connectivity index (χ3n) is 3.53. The minimum atomic E-state index is -3.53. The summed E-state index contributed by atoms with van der Waals surface area (Å²) < 4.78 is 27.8. The summed E-state index contributed by atoms with van der Waals surface area (Å²) in [4.78, 5) is 2.41. The zero-order valence-corrected chi connectivity index (χ0v) is 14.1. The largest absolute Gasteiger partial charge is 0.399 e. The van der Waals surface area contributed by atoms with E-state index in [1.165, 1.54) is 6.07 Å². The molecule has 20 heavy (non-hydrogen) atoms. The molecule has 5 nitrogen and oxygen atoms in total. The van der Waals surface area contributed by atoms with Crippen LogP contribution in [0.15, 0.2) is 27.6 Å². The second-order valence-electron chi connectivity index (χ2n) is 5.27. The number of anilines is 1. The Hall–Kier alpha value is -0.630. The average molecular weight is 362 g/mol. The topological polar surface area (TPSA) is 66.6 Å². The van der Waals surface area contributed by atoms with Crippen molar-refractivity contribution in [1.82, 2.24) is 9.21 Å². The van der Waals surface area contributed by atoms with Crippen LogP contribution in [0.3, 0.4) is 0 Å². The highest BCUT2D eigenvalue weighted by Gasteiger charge is 2.32. The van der Waals surface area contributed by atoms with E-state index in [1.807, 2.05) is 14.0 Å². The number of benzene rings is 1. The van der Waals surface area contributed by atoms with E-state index < -0.39 is 10.0 Å². The SMILES string of the molecule is CC1CN(C)CCCN1S(=O)(=O)c1cc(N)ccc1Br. The molecule has 0 saturated carbocycles. The molecule has 0 bridgehead atoms. The Morgan fingerprint density at radius 3 is 2.75 bits per heavy atom. The number of hydrogen-bond donors (Lipinski definition) is 1. The van der Waals surface area contributed by atoms with Crippen molar-refractivity contribution in [2.45, 2.75) is 24.3 Å². The van der Waals surface area contributed by atoms with Gasteiger partial charge in [-0.2, -0.15) is 4.31 Å². The van der Waals surface area contributed by atoms with Crippen LogP contribution in [0.4, 0.5) is 5.69 Å². The summed E-state index contributed by atoms with van der Waals surface area (Å²) in [5, 5.41) is 0. The molecule has 1 aliphatic rings.